The van der Waals surface area contributed by atoms with Crippen LogP contribution in [0, 0.1) is 0 Å². The van der Waals surface area contributed by atoms with Crippen LogP contribution in [0.1, 0.15) is 18.3 Å². The number of esters is 1. The van der Waals surface area contributed by atoms with Gasteiger partial charge in [-0.05, 0) is 24.6 Å². The molecule has 0 saturated heterocycles. The summed E-state index contributed by atoms with van der Waals surface area (Å²) in [6.07, 6.45) is 0.0498. The third-order valence-electron chi connectivity index (χ3n) is 3.79. The molecule has 3 rings (SSSR count). The lowest BCUT2D eigenvalue weighted by Gasteiger charge is -2.06. The van der Waals surface area contributed by atoms with Crippen LogP contribution in [-0.4, -0.2) is 45.8 Å². The lowest BCUT2D eigenvalue weighted by Crippen LogP contribution is -2.24. The van der Waals surface area contributed by atoms with Gasteiger partial charge in [0.05, 0.1) is 12.4 Å². The van der Waals surface area contributed by atoms with E-state index in [-0.39, 0.29) is 30.8 Å². The third-order valence-corrected chi connectivity index (χ3v) is 4.81. The van der Waals surface area contributed by atoms with E-state index in [2.05, 4.69) is 15.5 Å². The van der Waals surface area contributed by atoms with Gasteiger partial charge in [-0.3, -0.25) is 9.59 Å². The Labute approximate surface area is 160 Å². The summed E-state index contributed by atoms with van der Waals surface area (Å²) >= 11 is 1.25. The molecule has 10 heteroatoms. The van der Waals surface area contributed by atoms with Crippen LogP contribution >= 0.6 is 11.8 Å². The van der Waals surface area contributed by atoms with Crippen molar-refractivity contribution in [2.45, 2.75) is 25.0 Å². The molecule has 1 amide bonds. The number of thioether (sulfide) groups is 1. The van der Waals surface area contributed by atoms with Crippen molar-refractivity contribution < 1.29 is 23.8 Å². The number of hydrogen-bond acceptors (Lipinski definition) is 8. The number of aromatic nitrogens is 3. The number of benzene rings is 1. The number of ether oxygens (including phenoxy) is 3. The topological polar surface area (TPSA) is 105 Å². The van der Waals surface area contributed by atoms with Gasteiger partial charge in [0.1, 0.15) is 12.2 Å². The van der Waals surface area contributed by atoms with Crippen molar-refractivity contribution in [1.82, 2.24) is 20.1 Å². The Morgan fingerprint density at radius 3 is 2.93 bits per heavy atom. The molecule has 0 fully saturated rings. The average molecular weight is 392 g/mol. The Morgan fingerprint density at radius 2 is 2.11 bits per heavy atom. The molecule has 0 unspecified atom stereocenters. The van der Waals surface area contributed by atoms with E-state index in [0.29, 0.717) is 35.6 Å². The lowest BCUT2D eigenvalue weighted by molar-refractivity contribution is -0.142. The maximum Gasteiger partial charge on any atom is 0.313 e. The van der Waals surface area contributed by atoms with Crippen molar-refractivity contribution in [1.29, 1.82) is 0 Å². The minimum atomic E-state index is -0.356. The largest absolute Gasteiger partial charge is 0.466 e. The van der Waals surface area contributed by atoms with E-state index in [0.717, 1.165) is 5.56 Å². The maximum absolute atomic E-state index is 12.1. The molecule has 1 aliphatic heterocycles. The normalized spacial score (nSPS) is 12.1. The lowest BCUT2D eigenvalue weighted by atomic mass is 10.2. The Bertz CT molecular complexity index is 839. The van der Waals surface area contributed by atoms with E-state index in [1.54, 1.807) is 18.5 Å². The predicted molar refractivity (Wildman–Crippen MR) is 96.5 cm³/mol. The SMILES string of the molecule is CCOC(=O)Cc1nnc(SCC(=O)NCc2ccc3c(c2)OCO3)n1C. The molecule has 0 spiro atoms. The number of carbonyl (C=O) groups is 2. The number of nitrogens with zero attached hydrogens (tertiary/aromatic N) is 3. The van der Waals surface area contributed by atoms with Gasteiger partial charge in [0.15, 0.2) is 16.7 Å². The Hall–Kier alpha value is -2.75. The zero-order chi connectivity index (χ0) is 19.2. The van der Waals surface area contributed by atoms with Crippen molar-refractivity contribution >= 4 is 23.6 Å². The standard InChI is InChI=1S/C17H20N4O5S/c1-3-24-16(23)7-14-19-20-17(21(14)2)27-9-15(22)18-8-11-4-5-12-13(6-11)26-10-25-12/h4-6H,3,7-10H2,1-2H3,(H,18,22). The minimum absolute atomic E-state index is 0.0498. The molecule has 0 radical (unpaired) electrons. The van der Waals surface area contributed by atoms with Gasteiger partial charge in [-0.2, -0.15) is 0 Å². The van der Waals surface area contributed by atoms with Crippen LogP contribution < -0.4 is 14.8 Å². The Balaban J connectivity index is 1.46. The molecular weight excluding hydrogens is 372 g/mol. The Morgan fingerprint density at radius 1 is 1.30 bits per heavy atom. The molecule has 2 aromatic rings. The van der Waals surface area contributed by atoms with E-state index in [1.807, 2.05) is 18.2 Å². The van der Waals surface area contributed by atoms with Gasteiger partial charge in [0, 0.05) is 13.6 Å². The van der Waals surface area contributed by atoms with Crippen LogP contribution in [0.4, 0.5) is 0 Å². The zero-order valence-corrected chi connectivity index (χ0v) is 15.9. The first kappa shape index (κ1) is 19.0. The molecule has 0 bridgehead atoms. The highest BCUT2D eigenvalue weighted by Crippen LogP contribution is 2.32. The van der Waals surface area contributed by atoms with Gasteiger partial charge in [0.25, 0.3) is 0 Å². The molecule has 2 heterocycles. The monoisotopic (exact) mass is 392 g/mol. The smallest absolute Gasteiger partial charge is 0.313 e. The predicted octanol–water partition coefficient (Wildman–Crippen LogP) is 1.06. The fraction of sp³-hybridized carbons (Fsp3) is 0.412. The van der Waals surface area contributed by atoms with E-state index in [1.165, 1.54) is 11.8 Å². The van der Waals surface area contributed by atoms with Gasteiger partial charge >= 0.3 is 5.97 Å². The number of rotatable bonds is 8. The summed E-state index contributed by atoms with van der Waals surface area (Å²) in [5, 5.41) is 11.4. The number of amides is 1. The van der Waals surface area contributed by atoms with Crippen LogP contribution in [0.25, 0.3) is 0 Å². The van der Waals surface area contributed by atoms with Gasteiger partial charge < -0.3 is 24.1 Å². The second kappa shape index (κ2) is 8.76. The molecule has 144 valence electrons. The van der Waals surface area contributed by atoms with Gasteiger partial charge in [-0.1, -0.05) is 17.8 Å². The van der Waals surface area contributed by atoms with E-state index in [9.17, 15) is 9.59 Å². The van der Waals surface area contributed by atoms with Crippen molar-refractivity contribution in [3.63, 3.8) is 0 Å². The number of carbonyl (C=O) groups excluding carboxylic acids is 2. The molecule has 1 aromatic heterocycles. The maximum atomic E-state index is 12.1. The van der Waals surface area contributed by atoms with Crippen LogP contribution in [0.2, 0.25) is 0 Å². The summed E-state index contributed by atoms with van der Waals surface area (Å²) in [7, 11) is 1.75. The molecule has 27 heavy (non-hydrogen) atoms. The highest BCUT2D eigenvalue weighted by molar-refractivity contribution is 7.99. The van der Waals surface area contributed by atoms with Crippen LogP contribution in [-0.2, 0) is 34.3 Å². The third kappa shape index (κ3) is 4.91. The first-order valence-electron chi connectivity index (χ1n) is 8.38. The van der Waals surface area contributed by atoms with Gasteiger partial charge in [0.2, 0.25) is 12.7 Å². The molecular formula is C17H20N4O5S. The van der Waals surface area contributed by atoms with Crippen molar-refractivity contribution in [2.75, 3.05) is 19.2 Å². The van der Waals surface area contributed by atoms with Crippen molar-refractivity contribution in [3.05, 3.63) is 29.6 Å². The summed E-state index contributed by atoms with van der Waals surface area (Å²) in [4.78, 5) is 23.6. The highest BCUT2D eigenvalue weighted by Gasteiger charge is 2.16. The molecule has 1 aliphatic rings. The second-order valence-electron chi connectivity index (χ2n) is 5.69. The molecule has 9 nitrogen and oxygen atoms in total. The Kier molecular flexibility index (Phi) is 6.17. The van der Waals surface area contributed by atoms with Gasteiger partial charge in [-0.25, -0.2) is 0 Å². The molecule has 0 aliphatic carbocycles. The molecule has 0 atom stereocenters. The first-order valence-corrected chi connectivity index (χ1v) is 9.37. The van der Waals surface area contributed by atoms with E-state index >= 15 is 0 Å². The summed E-state index contributed by atoms with van der Waals surface area (Å²) in [5.41, 5.74) is 0.924. The summed E-state index contributed by atoms with van der Waals surface area (Å²) < 4.78 is 17.2. The number of nitrogens with one attached hydrogen (secondary N) is 1. The van der Waals surface area contributed by atoms with E-state index in [4.69, 9.17) is 14.2 Å². The van der Waals surface area contributed by atoms with Gasteiger partial charge in [-0.15, -0.1) is 10.2 Å². The summed E-state index contributed by atoms with van der Waals surface area (Å²) in [5.74, 6) is 1.59. The molecule has 1 aromatic carbocycles. The quantitative estimate of drug-likeness (QED) is 0.525. The van der Waals surface area contributed by atoms with Crippen molar-refractivity contribution in [3.8, 4) is 11.5 Å². The minimum Gasteiger partial charge on any atom is -0.466 e. The molecule has 0 saturated carbocycles. The number of fused-ring (bicyclic) bond motifs is 1. The fourth-order valence-electron chi connectivity index (χ4n) is 2.40. The average Bonchev–Trinajstić information content (AvgIpc) is 3.25. The molecule has 1 N–H and O–H groups in total. The number of hydrogen-bond donors (Lipinski definition) is 1. The highest BCUT2D eigenvalue weighted by atomic mass is 32.2. The zero-order valence-electron chi connectivity index (χ0n) is 15.1. The van der Waals surface area contributed by atoms with Crippen LogP contribution in [0.15, 0.2) is 23.4 Å². The van der Waals surface area contributed by atoms with Crippen LogP contribution in [0.3, 0.4) is 0 Å². The fourth-order valence-corrected chi connectivity index (χ4v) is 3.16. The summed E-state index contributed by atoms with van der Waals surface area (Å²) in [6.45, 7) is 2.68. The van der Waals surface area contributed by atoms with Crippen LogP contribution in [0.5, 0.6) is 11.5 Å². The first-order chi connectivity index (χ1) is 13.1. The second-order valence-corrected chi connectivity index (χ2v) is 6.64. The summed E-state index contributed by atoms with van der Waals surface area (Å²) in [6, 6.07) is 5.55. The van der Waals surface area contributed by atoms with E-state index < -0.39 is 0 Å². The van der Waals surface area contributed by atoms with Crippen molar-refractivity contribution in [2.24, 2.45) is 7.05 Å².